The van der Waals surface area contributed by atoms with Crippen LogP contribution in [-0.2, 0) is 14.3 Å². The topological polar surface area (TPSA) is 115 Å². The van der Waals surface area contributed by atoms with Crippen LogP contribution in [0.3, 0.4) is 0 Å². The van der Waals surface area contributed by atoms with Crippen LogP contribution < -0.4 is 9.64 Å². The Morgan fingerprint density at radius 2 is 1.67 bits per heavy atom. The van der Waals surface area contributed by atoms with Gasteiger partial charge in [0, 0.05) is 80.6 Å². The van der Waals surface area contributed by atoms with Gasteiger partial charge in [-0.25, -0.2) is 4.79 Å². The van der Waals surface area contributed by atoms with Gasteiger partial charge in [0.15, 0.2) is 0 Å². The van der Waals surface area contributed by atoms with E-state index in [9.17, 15) is 19.2 Å². The molecule has 0 radical (unpaired) electrons. The van der Waals surface area contributed by atoms with Gasteiger partial charge in [-0.1, -0.05) is 17.7 Å². The highest BCUT2D eigenvalue weighted by Gasteiger charge is 2.42. The number of likely N-dealkylation sites (tertiary alicyclic amines) is 3. The van der Waals surface area contributed by atoms with Crippen LogP contribution in [0.5, 0.6) is 5.88 Å². The van der Waals surface area contributed by atoms with Gasteiger partial charge in [0.1, 0.15) is 0 Å². The first kappa shape index (κ1) is 33.8. The minimum Gasteiger partial charge on any atom is -0.434 e. The monoisotopic (exact) mass is 655 g/mol. The van der Waals surface area contributed by atoms with Crippen molar-refractivity contribution < 1.29 is 28.7 Å². The fraction of sp³-hybridized carbons (Fsp3) is 0.588. The van der Waals surface area contributed by atoms with Gasteiger partial charge in [0.25, 0.3) is 5.91 Å². The molecule has 46 heavy (non-hydrogen) atoms. The molecule has 5 rings (SSSR count). The molecular formula is C34H46ClN5O6. The number of carbonyl (C=O) groups is 4. The molecule has 0 saturated carbocycles. The highest BCUT2D eigenvalue weighted by molar-refractivity contribution is 6.31. The van der Waals surface area contributed by atoms with Gasteiger partial charge in [-0.15, -0.1) is 0 Å². The summed E-state index contributed by atoms with van der Waals surface area (Å²) in [6, 6.07) is 5.80. The second-order valence-corrected chi connectivity index (χ2v) is 13.3. The first-order valence-electron chi connectivity index (χ1n) is 16.3. The lowest BCUT2D eigenvalue weighted by Crippen LogP contribution is -2.44. The van der Waals surface area contributed by atoms with Crippen molar-refractivity contribution in [1.82, 2.24) is 19.7 Å². The number of carbonyl (C=O) groups excluding carboxylic acids is 4. The zero-order valence-electron chi connectivity index (χ0n) is 27.6. The van der Waals surface area contributed by atoms with Crippen molar-refractivity contribution in [1.29, 1.82) is 0 Å². The van der Waals surface area contributed by atoms with Crippen LogP contribution in [0.4, 0.5) is 10.5 Å². The number of hydrogen-bond acceptors (Lipinski definition) is 7. The molecule has 2 atom stereocenters. The molecule has 12 heteroatoms. The highest BCUT2D eigenvalue weighted by atomic mass is 35.5. The van der Waals surface area contributed by atoms with Crippen molar-refractivity contribution in [3.63, 3.8) is 0 Å². The van der Waals surface area contributed by atoms with Crippen LogP contribution in [-0.4, -0.2) is 103 Å². The second-order valence-electron chi connectivity index (χ2n) is 12.9. The van der Waals surface area contributed by atoms with E-state index in [1.807, 2.05) is 46.7 Å². The van der Waals surface area contributed by atoms with Gasteiger partial charge in [0.2, 0.25) is 17.7 Å². The number of piperidine rings is 1. The number of amides is 3. The maximum Gasteiger partial charge on any atom is 0.515 e. The van der Waals surface area contributed by atoms with E-state index in [4.69, 9.17) is 21.1 Å². The minimum absolute atomic E-state index is 0.0500. The summed E-state index contributed by atoms with van der Waals surface area (Å²) < 4.78 is 10.1. The van der Waals surface area contributed by atoms with E-state index < -0.39 is 6.16 Å². The fourth-order valence-corrected chi connectivity index (χ4v) is 7.38. The molecule has 4 heterocycles. The molecule has 3 saturated heterocycles. The Morgan fingerprint density at radius 3 is 2.28 bits per heavy atom. The van der Waals surface area contributed by atoms with Gasteiger partial charge in [-0.3, -0.25) is 14.4 Å². The van der Waals surface area contributed by atoms with E-state index in [-0.39, 0.29) is 36.1 Å². The molecule has 2 unspecified atom stereocenters. The molecule has 1 aromatic carbocycles. The van der Waals surface area contributed by atoms with Gasteiger partial charge >= 0.3 is 6.16 Å². The maximum atomic E-state index is 13.8. The van der Waals surface area contributed by atoms with E-state index in [1.165, 1.54) is 0 Å². The van der Waals surface area contributed by atoms with Crippen LogP contribution >= 0.6 is 11.6 Å². The van der Waals surface area contributed by atoms with Gasteiger partial charge in [-0.2, -0.15) is 0 Å². The van der Waals surface area contributed by atoms with Crippen LogP contribution in [0, 0.1) is 38.5 Å². The molecular weight excluding hydrogens is 610 g/mol. The van der Waals surface area contributed by atoms with Crippen molar-refractivity contribution >= 4 is 41.2 Å². The molecule has 1 N–H and O–H groups in total. The second kappa shape index (κ2) is 14.5. The Kier molecular flexibility index (Phi) is 10.6. The predicted octanol–water partition coefficient (Wildman–Crippen LogP) is 4.81. The van der Waals surface area contributed by atoms with Crippen LogP contribution in [0.15, 0.2) is 18.2 Å². The summed E-state index contributed by atoms with van der Waals surface area (Å²) in [6.07, 6.45) is 1.35. The lowest BCUT2D eigenvalue weighted by Gasteiger charge is -2.34. The number of rotatable bonds is 9. The van der Waals surface area contributed by atoms with Gasteiger partial charge < -0.3 is 34.1 Å². The number of aromatic amines is 1. The summed E-state index contributed by atoms with van der Waals surface area (Å²) in [5, 5.41) is 0.640. The maximum absolute atomic E-state index is 13.8. The van der Waals surface area contributed by atoms with Crippen LogP contribution in [0.2, 0.25) is 5.02 Å². The van der Waals surface area contributed by atoms with Gasteiger partial charge in [-0.05, 0) is 83.0 Å². The fourth-order valence-electron chi connectivity index (χ4n) is 7.20. The van der Waals surface area contributed by atoms with Crippen molar-refractivity contribution in [2.75, 3.05) is 63.9 Å². The number of halogens is 1. The molecule has 3 amide bonds. The highest BCUT2D eigenvalue weighted by Crippen LogP contribution is 2.34. The first-order chi connectivity index (χ1) is 22.0. The van der Waals surface area contributed by atoms with E-state index in [0.29, 0.717) is 79.2 Å². The zero-order valence-corrected chi connectivity index (χ0v) is 28.3. The normalized spacial score (nSPS) is 20.1. The number of nitrogens with one attached hydrogen (secondary N) is 1. The standard InChI is InChI=1S/C34H46ClN5O6/c1-6-45-34(44)46-31-22(3)30(23(4)36-31)33(43)39-19-26-17-37(18-27(26)20-39)12-7-13-40(28-9-8-21(2)29(35)16-28)32(42)25-10-14-38(15-11-25)24(5)41/h8-9,16,25-27,36H,6-7,10-15,17-20H2,1-5H3. The number of fused-ring (bicyclic) bond motifs is 1. The molecule has 11 nitrogen and oxygen atoms in total. The number of ether oxygens (including phenoxy) is 2. The smallest absolute Gasteiger partial charge is 0.434 e. The number of anilines is 1. The third kappa shape index (κ3) is 7.36. The third-order valence-electron chi connectivity index (χ3n) is 9.78. The number of nitrogens with zero attached hydrogens (tertiary/aromatic N) is 4. The Hall–Kier alpha value is -3.57. The van der Waals surface area contributed by atoms with E-state index in [2.05, 4.69) is 9.88 Å². The molecule has 0 spiro atoms. The summed E-state index contributed by atoms with van der Waals surface area (Å²) in [5.41, 5.74) is 3.60. The quantitative estimate of drug-likeness (QED) is 0.386. The van der Waals surface area contributed by atoms with Crippen LogP contribution in [0.1, 0.15) is 60.3 Å². The summed E-state index contributed by atoms with van der Waals surface area (Å²) in [5.74, 6) is 1.00. The number of hydrogen-bond donors (Lipinski definition) is 1. The SMILES string of the molecule is CCOC(=O)Oc1[nH]c(C)c(C(=O)N2CC3CN(CCCN(C(=O)C4CCN(C(C)=O)CC4)c4ccc(C)c(Cl)c4)CC3C2)c1C. The van der Waals surface area contributed by atoms with Crippen molar-refractivity contribution in [3.8, 4) is 5.88 Å². The minimum atomic E-state index is -0.799. The van der Waals surface area contributed by atoms with Crippen molar-refractivity contribution in [2.24, 2.45) is 17.8 Å². The average Bonchev–Trinajstić information content (AvgIpc) is 3.67. The predicted molar refractivity (Wildman–Crippen MR) is 175 cm³/mol. The van der Waals surface area contributed by atoms with Gasteiger partial charge in [0.05, 0.1) is 12.2 Å². The van der Waals surface area contributed by atoms with E-state index in [0.717, 1.165) is 37.3 Å². The lowest BCUT2D eigenvalue weighted by molar-refractivity contribution is -0.133. The summed E-state index contributed by atoms with van der Waals surface area (Å²) >= 11 is 6.47. The Labute approximate surface area is 276 Å². The number of benzene rings is 1. The molecule has 0 aliphatic carbocycles. The van der Waals surface area contributed by atoms with Crippen molar-refractivity contribution in [3.05, 3.63) is 45.6 Å². The van der Waals surface area contributed by atoms with E-state index >= 15 is 0 Å². The Morgan fingerprint density at radius 1 is 1.00 bits per heavy atom. The summed E-state index contributed by atoms with van der Waals surface area (Å²) in [7, 11) is 0. The number of aryl methyl sites for hydroxylation is 2. The van der Waals surface area contributed by atoms with Crippen molar-refractivity contribution in [2.45, 2.75) is 53.9 Å². The average molecular weight is 656 g/mol. The van der Waals surface area contributed by atoms with E-state index in [1.54, 1.807) is 20.8 Å². The Balaban J connectivity index is 1.16. The first-order valence-corrected chi connectivity index (χ1v) is 16.7. The largest absolute Gasteiger partial charge is 0.515 e. The number of H-pyrrole nitrogens is 1. The zero-order chi connectivity index (χ0) is 33.1. The Bertz CT molecular complexity index is 1450. The molecule has 3 aliphatic rings. The molecule has 3 fully saturated rings. The number of aromatic nitrogens is 1. The third-order valence-corrected chi connectivity index (χ3v) is 10.2. The molecule has 0 bridgehead atoms. The molecule has 250 valence electrons. The molecule has 2 aromatic rings. The lowest BCUT2D eigenvalue weighted by atomic mass is 9.94. The summed E-state index contributed by atoms with van der Waals surface area (Å²) in [4.78, 5) is 62.1. The van der Waals surface area contributed by atoms with Crippen LogP contribution in [0.25, 0.3) is 0 Å². The molecule has 3 aliphatic heterocycles. The summed E-state index contributed by atoms with van der Waals surface area (Å²) in [6.45, 7) is 14.9. The molecule has 1 aromatic heterocycles.